The molecule has 0 atom stereocenters. The molecule has 0 aliphatic rings. The maximum atomic E-state index is 11.6. The third-order valence-electron chi connectivity index (χ3n) is 0.746. The minimum Gasteiger partial charge on any atom is -0.412 e. The molecule has 0 bridgehead atoms. The molecule has 3 N–H and O–H groups in total. The zero-order chi connectivity index (χ0) is 9.28. The summed E-state index contributed by atoms with van der Waals surface area (Å²) in [5.74, 6) is -1.84. The van der Waals surface area contributed by atoms with Gasteiger partial charge in [0.2, 0.25) is 0 Å². The van der Waals surface area contributed by atoms with Crippen molar-refractivity contribution in [2.45, 2.75) is 25.8 Å². The van der Waals surface area contributed by atoms with Crippen molar-refractivity contribution in [3.8, 4) is 0 Å². The highest BCUT2D eigenvalue weighted by Crippen LogP contribution is 2.15. The topological polar surface area (TPSA) is 60.6 Å². The van der Waals surface area contributed by atoms with Gasteiger partial charge in [0.15, 0.2) is 0 Å². The lowest BCUT2D eigenvalue weighted by molar-refractivity contribution is -0.171. The van der Waals surface area contributed by atoms with Crippen molar-refractivity contribution in [2.75, 3.05) is 0 Å². The number of carbonyl (C=O) groups excluding carboxylic acids is 1. The van der Waals surface area contributed by atoms with Gasteiger partial charge in [0.25, 0.3) is 0 Å². The molecule has 0 aromatic heterocycles. The van der Waals surface area contributed by atoms with Gasteiger partial charge in [0, 0.05) is 0 Å². The van der Waals surface area contributed by atoms with Gasteiger partial charge in [-0.25, -0.2) is 0 Å². The standard InChI is InChI=1S/C5H10F3NOSi.H2O/c1-11(2,3)9-4(10)5(6,7)8;/h1-3H3,(H,9,10);1H2. The Morgan fingerprint density at radius 1 is 1.25 bits per heavy atom. The van der Waals surface area contributed by atoms with E-state index in [-0.39, 0.29) is 5.48 Å². The van der Waals surface area contributed by atoms with Crippen LogP contribution in [-0.4, -0.2) is 25.8 Å². The maximum Gasteiger partial charge on any atom is 0.470 e. The van der Waals surface area contributed by atoms with Crippen LogP contribution in [0.5, 0.6) is 0 Å². The summed E-state index contributed by atoms with van der Waals surface area (Å²) in [5.41, 5.74) is 0. The largest absolute Gasteiger partial charge is 0.470 e. The first kappa shape index (κ1) is 14.0. The molecule has 0 saturated heterocycles. The summed E-state index contributed by atoms with van der Waals surface area (Å²) in [4.78, 5) is 12.2. The van der Waals surface area contributed by atoms with Crippen LogP contribution in [0.25, 0.3) is 0 Å². The lowest BCUT2D eigenvalue weighted by Gasteiger charge is -2.18. The fourth-order valence-electron chi connectivity index (χ4n) is 0.411. The fraction of sp³-hybridized carbons (Fsp3) is 0.800. The third kappa shape index (κ3) is 6.17. The van der Waals surface area contributed by atoms with Crippen LogP contribution < -0.4 is 4.98 Å². The second kappa shape index (κ2) is 3.90. The van der Waals surface area contributed by atoms with Crippen molar-refractivity contribution in [1.82, 2.24) is 4.98 Å². The van der Waals surface area contributed by atoms with E-state index < -0.39 is 20.3 Å². The Kier molecular flexibility index (Phi) is 4.55. The number of rotatable bonds is 1. The molecule has 0 radical (unpaired) electrons. The van der Waals surface area contributed by atoms with E-state index in [4.69, 9.17) is 0 Å². The molecular weight excluding hydrogens is 191 g/mol. The van der Waals surface area contributed by atoms with Gasteiger partial charge in [-0.2, -0.15) is 13.2 Å². The van der Waals surface area contributed by atoms with Crippen LogP contribution in [-0.2, 0) is 4.79 Å². The molecule has 0 aliphatic carbocycles. The molecule has 0 spiro atoms. The van der Waals surface area contributed by atoms with Crippen molar-refractivity contribution >= 4 is 14.1 Å². The predicted octanol–water partition coefficient (Wildman–Crippen LogP) is 0.675. The number of halogens is 3. The van der Waals surface area contributed by atoms with Crippen molar-refractivity contribution < 1.29 is 23.4 Å². The number of nitrogens with one attached hydrogen (secondary N) is 1. The first-order valence-corrected chi connectivity index (χ1v) is 6.52. The van der Waals surface area contributed by atoms with Gasteiger partial charge in [-0.1, -0.05) is 19.6 Å². The summed E-state index contributed by atoms with van der Waals surface area (Å²) in [5, 5.41) is 0. The molecule has 1 amide bonds. The minimum absolute atomic E-state index is 0. The summed E-state index contributed by atoms with van der Waals surface area (Å²) in [6.45, 7) is 4.86. The Hall–Kier alpha value is -0.563. The molecule has 0 heterocycles. The van der Waals surface area contributed by atoms with Gasteiger partial charge < -0.3 is 10.5 Å². The van der Waals surface area contributed by atoms with Crippen molar-refractivity contribution in [3.63, 3.8) is 0 Å². The normalized spacial score (nSPS) is 11.8. The van der Waals surface area contributed by atoms with E-state index in [9.17, 15) is 18.0 Å². The summed E-state index contributed by atoms with van der Waals surface area (Å²) in [6.07, 6.45) is -4.75. The summed E-state index contributed by atoms with van der Waals surface area (Å²) in [7, 11) is -2.15. The van der Waals surface area contributed by atoms with Gasteiger partial charge in [-0.05, 0) is 0 Å². The zero-order valence-electron chi connectivity index (χ0n) is 7.04. The predicted molar refractivity (Wildman–Crippen MR) is 41.2 cm³/mol. The molecular formula is C5H12F3NO2Si. The molecule has 3 nitrogen and oxygen atoms in total. The maximum absolute atomic E-state index is 11.6. The Bertz CT molecular complexity index is 163. The number of alkyl halides is 3. The lowest BCUT2D eigenvalue weighted by atomic mass is 10.6. The van der Waals surface area contributed by atoms with Gasteiger partial charge in [-0.3, -0.25) is 4.79 Å². The smallest absolute Gasteiger partial charge is 0.412 e. The van der Waals surface area contributed by atoms with E-state index >= 15 is 0 Å². The first-order valence-electron chi connectivity index (χ1n) is 3.02. The van der Waals surface area contributed by atoms with Crippen molar-refractivity contribution in [3.05, 3.63) is 0 Å². The number of carbonyl (C=O) groups is 1. The van der Waals surface area contributed by atoms with Gasteiger partial charge in [-0.15, -0.1) is 0 Å². The van der Waals surface area contributed by atoms with Gasteiger partial charge in [0.1, 0.15) is 8.24 Å². The molecule has 0 aliphatic heterocycles. The van der Waals surface area contributed by atoms with Crippen LogP contribution >= 0.6 is 0 Å². The second-order valence-corrected chi connectivity index (χ2v) is 7.95. The van der Waals surface area contributed by atoms with Crippen LogP contribution in [0.4, 0.5) is 13.2 Å². The second-order valence-electron chi connectivity index (χ2n) is 3.20. The quantitative estimate of drug-likeness (QED) is 0.626. The zero-order valence-corrected chi connectivity index (χ0v) is 8.04. The van der Waals surface area contributed by atoms with Crippen LogP contribution in [0.15, 0.2) is 0 Å². The average molecular weight is 203 g/mol. The Morgan fingerprint density at radius 3 is 1.67 bits per heavy atom. The highest BCUT2D eigenvalue weighted by molar-refractivity contribution is 6.75. The summed E-state index contributed by atoms with van der Waals surface area (Å²) >= 11 is 0. The lowest BCUT2D eigenvalue weighted by Crippen LogP contribution is -2.50. The summed E-state index contributed by atoms with van der Waals surface area (Å²) < 4.78 is 34.8. The van der Waals surface area contributed by atoms with Crippen LogP contribution in [0.2, 0.25) is 19.6 Å². The van der Waals surface area contributed by atoms with E-state index in [1.165, 1.54) is 0 Å². The van der Waals surface area contributed by atoms with E-state index in [1.54, 1.807) is 19.6 Å². The molecule has 0 rings (SSSR count). The SMILES string of the molecule is C[Si](C)(C)NC(=O)C(F)(F)F.O. The van der Waals surface area contributed by atoms with Crippen molar-refractivity contribution in [1.29, 1.82) is 0 Å². The molecule has 0 aromatic carbocycles. The number of hydrogen-bond donors (Lipinski definition) is 1. The molecule has 0 fully saturated rings. The van der Waals surface area contributed by atoms with Crippen LogP contribution in [0.1, 0.15) is 0 Å². The Balaban J connectivity index is 0. The average Bonchev–Trinajstić information content (AvgIpc) is 1.56. The van der Waals surface area contributed by atoms with E-state index in [0.29, 0.717) is 0 Å². The minimum atomic E-state index is -4.75. The van der Waals surface area contributed by atoms with Crippen LogP contribution in [0, 0.1) is 0 Å². The molecule has 0 unspecified atom stereocenters. The molecule has 74 valence electrons. The number of hydrogen-bond acceptors (Lipinski definition) is 1. The monoisotopic (exact) mass is 203 g/mol. The molecule has 7 heteroatoms. The highest BCUT2D eigenvalue weighted by Gasteiger charge is 2.40. The highest BCUT2D eigenvalue weighted by atomic mass is 28.3. The van der Waals surface area contributed by atoms with Crippen LogP contribution in [0.3, 0.4) is 0 Å². The van der Waals surface area contributed by atoms with E-state index in [2.05, 4.69) is 0 Å². The van der Waals surface area contributed by atoms with Gasteiger partial charge in [0.05, 0.1) is 0 Å². The fourth-order valence-corrected chi connectivity index (χ4v) is 1.23. The van der Waals surface area contributed by atoms with E-state index in [1.807, 2.05) is 4.98 Å². The summed E-state index contributed by atoms with van der Waals surface area (Å²) in [6, 6.07) is 0. The molecule has 0 aromatic rings. The third-order valence-corrected chi connectivity index (χ3v) is 1.72. The van der Waals surface area contributed by atoms with Crippen molar-refractivity contribution in [2.24, 2.45) is 0 Å². The molecule has 12 heavy (non-hydrogen) atoms. The first-order chi connectivity index (χ1) is 4.63. The van der Waals surface area contributed by atoms with Gasteiger partial charge >= 0.3 is 12.1 Å². The number of amides is 1. The Labute approximate surface area is 69.3 Å². The molecule has 0 saturated carbocycles. The Morgan fingerprint density at radius 2 is 1.58 bits per heavy atom. The van der Waals surface area contributed by atoms with E-state index in [0.717, 1.165) is 0 Å².